The first kappa shape index (κ1) is 16.4. The van der Waals surface area contributed by atoms with Crippen molar-refractivity contribution < 1.29 is 9.59 Å². The molecule has 0 saturated carbocycles. The molecule has 1 saturated heterocycles. The number of carbonyl (C=O) groups excluding carboxylic acids is 2. The van der Waals surface area contributed by atoms with Crippen molar-refractivity contribution in [2.45, 2.75) is 19.0 Å². The van der Waals surface area contributed by atoms with Gasteiger partial charge in [0.25, 0.3) is 5.91 Å². The van der Waals surface area contributed by atoms with Gasteiger partial charge in [-0.1, -0.05) is 34.8 Å². The summed E-state index contributed by atoms with van der Waals surface area (Å²) in [6.45, 7) is 1.53. The van der Waals surface area contributed by atoms with Crippen LogP contribution < -0.4 is 5.32 Å². The lowest BCUT2D eigenvalue weighted by Gasteiger charge is -2.20. The maximum atomic E-state index is 12.7. The highest BCUT2D eigenvalue weighted by atomic mass is 35.5. The number of urea groups is 1. The molecule has 23 heavy (non-hydrogen) atoms. The summed E-state index contributed by atoms with van der Waals surface area (Å²) in [7, 11) is 0. The second-order valence-corrected chi connectivity index (χ2v) is 7.44. The van der Waals surface area contributed by atoms with E-state index in [1.165, 1.54) is 17.5 Å². The zero-order valence-electron chi connectivity index (χ0n) is 11.6. The lowest BCUT2D eigenvalue weighted by atomic mass is 10.0. The van der Waals surface area contributed by atoms with Crippen molar-refractivity contribution in [1.29, 1.82) is 0 Å². The first-order chi connectivity index (χ1) is 10.8. The van der Waals surface area contributed by atoms with E-state index in [9.17, 15) is 9.59 Å². The summed E-state index contributed by atoms with van der Waals surface area (Å²) in [6, 6.07) is 2.86. The fourth-order valence-corrected chi connectivity index (χ4v) is 3.73. The molecule has 120 valence electrons. The van der Waals surface area contributed by atoms with Crippen LogP contribution in [0.1, 0.15) is 17.5 Å². The van der Waals surface area contributed by atoms with E-state index in [4.69, 9.17) is 34.8 Å². The highest BCUT2D eigenvalue weighted by molar-refractivity contribution is 7.16. The largest absolute Gasteiger partial charge is 0.325 e. The Labute approximate surface area is 150 Å². The third kappa shape index (κ3) is 2.89. The Balaban J connectivity index is 1.90. The maximum Gasteiger partial charge on any atom is 0.325 e. The lowest BCUT2D eigenvalue weighted by molar-refractivity contribution is -0.131. The van der Waals surface area contributed by atoms with Gasteiger partial charge in [0.2, 0.25) is 0 Å². The number of nitrogens with zero attached hydrogens (tertiary/aromatic N) is 3. The Bertz CT molecular complexity index is 812. The van der Waals surface area contributed by atoms with E-state index >= 15 is 0 Å². The summed E-state index contributed by atoms with van der Waals surface area (Å²) >= 11 is 18.8. The minimum absolute atomic E-state index is 0.0471. The SMILES string of the molecule is CC1(c2ccc(Cl)s2)NC(=O)N(Cc2ncc(Cl)nc2Cl)C1=O. The monoisotopic (exact) mass is 390 g/mol. The van der Waals surface area contributed by atoms with Gasteiger partial charge in [0, 0.05) is 4.88 Å². The molecule has 0 bridgehead atoms. The summed E-state index contributed by atoms with van der Waals surface area (Å²) in [5, 5.41) is 2.86. The Hall–Kier alpha value is -1.41. The number of amides is 3. The van der Waals surface area contributed by atoms with Gasteiger partial charge in [-0.3, -0.25) is 14.7 Å². The number of halogens is 3. The van der Waals surface area contributed by atoms with E-state index < -0.39 is 17.5 Å². The molecule has 0 spiro atoms. The summed E-state index contributed by atoms with van der Waals surface area (Å²) in [6.07, 6.45) is 1.31. The zero-order chi connectivity index (χ0) is 16.8. The molecule has 0 radical (unpaired) electrons. The average Bonchev–Trinajstić information content (AvgIpc) is 3.00. The fraction of sp³-hybridized carbons (Fsp3) is 0.231. The third-order valence-electron chi connectivity index (χ3n) is 3.42. The Morgan fingerprint density at radius 2 is 2.04 bits per heavy atom. The number of rotatable bonds is 3. The fourth-order valence-electron chi connectivity index (χ4n) is 2.22. The summed E-state index contributed by atoms with van der Waals surface area (Å²) in [5.74, 6) is -0.408. The van der Waals surface area contributed by atoms with Crippen molar-refractivity contribution in [2.24, 2.45) is 0 Å². The van der Waals surface area contributed by atoms with Crippen molar-refractivity contribution in [1.82, 2.24) is 20.2 Å². The van der Waals surface area contributed by atoms with Gasteiger partial charge in [0.15, 0.2) is 10.7 Å². The van der Waals surface area contributed by atoms with Crippen molar-refractivity contribution in [3.63, 3.8) is 0 Å². The van der Waals surface area contributed by atoms with Gasteiger partial charge in [-0.25, -0.2) is 9.78 Å². The van der Waals surface area contributed by atoms with Crippen LogP contribution in [-0.2, 0) is 16.9 Å². The van der Waals surface area contributed by atoms with Gasteiger partial charge >= 0.3 is 6.03 Å². The molecule has 1 N–H and O–H groups in total. The number of hydrogen-bond donors (Lipinski definition) is 1. The van der Waals surface area contributed by atoms with Crippen LogP contribution in [-0.4, -0.2) is 26.8 Å². The molecule has 3 rings (SSSR count). The molecule has 2 aromatic rings. The number of thiophene rings is 1. The molecule has 1 fully saturated rings. The van der Waals surface area contributed by atoms with Crippen LogP contribution in [0.4, 0.5) is 4.79 Å². The van der Waals surface area contributed by atoms with E-state index in [2.05, 4.69) is 15.3 Å². The van der Waals surface area contributed by atoms with E-state index in [0.29, 0.717) is 9.21 Å². The Morgan fingerprint density at radius 3 is 2.65 bits per heavy atom. The van der Waals surface area contributed by atoms with Crippen molar-refractivity contribution in [2.75, 3.05) is 0 Å². The molecule has 1 aliphatic rings. The van der Waals surface area contributed by atoms with Gasteiger partial charge in [-0.15, -0.1) is 11.3 Å². The molecular formula is C13H9Cl3N4O2S. The van der Waals surface area contributed by atoms with Crippen LogP contribution in [0.3, 0.4) is 0 Å². The van der Waals surface area contributed by atoms with Crippen LogP contribution in [0.5, 0.6) is 0 Å². The molecular weight excluding hydrogens is 383 g/mol. The van der Waals surface area contributed by atoms with E-state index in [0.717, 1.165) is 4.90 Å². The van der Waals surface area contributed by atoms with Gasteiger partial charge in [0.05, 0.1) is 22.8 Å². The summed E-state index contributed by atoms with van der Waals surface area (Å²) in [4.78, 5) is 34.5. The predicted molar refractivity (Wildman–Crippen MR) is 87.8 cm³/mol. The number of nitrogens with one attached hydrogen (secondary N) is 1. The first-order valence-corrected chi connectivity index (χ1v) is 8.33. The Morgan fingerprint density at radius 1 is 1.30 bits per heavy atom. The second kappa shape index (κ2) is 5.90. The molecule has 10 heteroatoms. The highest BCUT2D eigenvalue weighted by Gasteiger charge is 2.50. The Kier molecular flexibility index (Phi) is 4.22. The second-order valence-electron chi connectivity index (χ2n) is 4.98. The smallest absolute Gasteiger partial charge is 0.319 e. The number of aromatic nitrogens is 2. The van der Waals surface area contributed by atoms with Crippen LogP contribution >= 0.6 is 46.1 Å². The molecule has 3 heterocycles. The van der Waals surface area contributed by atoms with Crippen LogP contribution in [0, 0.1) is 0 Å². The highest BCUT2D eigenvalue weighted by Crippen LogP contribution is 2.36. The zero-order valence-corrected chi connectivity index (χ0v) is 14.7. The van der Waals surface area contributed by atoms with Gasteiger partial charge in [-0.2, -0.15) is 0 Å². The average molecular weight is 392 g/mol. The van der Waals surface area contributed by atoms with Crippen LogP contribution in [0.2, 0.25) is 14.6 Å². The normalized spacial score (nSPS) is 21.0. The van der Waals surface area contributed by atoms with Crippen LogP contribution in [0.25, 0.3) is 0 Å². The topological polar surface area (TPSA) is 75.2 Å². The van der Waals surface area contributed by atoms with Gasteiger partial charge in [0.1, 0.15) is 5.15 Å². The number of carbonyl (C=O) groups is 2. The predicted octanol–water partition coefficient (Wildman–Crippen LogP) is 3.47. The maximum absolute atomic E-state index is 12.7. The molecule has 3 amide bonds. The van der Waals surface area contributed by atoms with Gasteiger partial charge < -0.3 is 5.32 Å². The van der Waals surface area contributed by atoms with E-state index in [1.807, 2.05) is 0 Å². The molecule has 1 aliphatic heterocycles. The summed E-state index contributed by atoms with van der Waals surface area (Å²) < 4.78 is 0.535. The standard InChI is InChI=1S/C13H9Cl3N4O2S/c1-13(7-2-3-9(15)23-7)11(21)20(12(22)19-13)5-6-10(16)18-8(14)4-17-6/h2-4H,5H2,1H3,(H,19,22). The number of imide groups is 1. The number of hydrogen-bond acceptors (Lipinski definition) is 5. The minimum Gasteiger partial charge on any atom is -0.319 e. The molecule has 1 unspecified atom stereocenters. The quantitative estimate of drug-likeness (QED) is 0.813. The lowest BCUT2D eigenvalue weighted by Crippen LogP contribution is -2.40. The van der Waals surface area contributed by atoms with E-state index in [1.54, 1.807) is 19.1 Å². The first-order valence-electron chi connectivity index (χ1n) is 6.38. The molecule has 2 aromatic heterocycles. The minimum atomic E-state index is -1.17. The van der Waals surface area contributed by atoms with Crippen molar-refractivity contribution in [3.05, 3.63) is 43.5 Å². The molecule has 1 atom stereocenters. The third-order valence-corrected chi connectivity index (χ3v) is 5.36. The van der Waals surface area contributed by atoms with Crippen molar-refractivity contribution in [3.8, 4) is 0 Å². The summed E-state index contributed by atoms with van der Waals surface area (Å²) in [5.41, 5.74) is -0.880. The van der Waals surface area contributed by atoms with Gasteiger partial charge in [-0.05, 0) is 19.1 Å². The van der Waals surface area contributed by atoms with Crippen molar-refractivity contribution >= 4 is 58.1 Å². The van der Waals surface area contributed by atoms with Crippen LogP contribution in [0.15, 0.2) is 18.3 Å². The van der Waals surface area contributed by atoms with E-state index in [-0.39, 0.29) is 22.5 Å². The molecule has 0 aliphatic carbocycles. The molecule has 6 nitrogen and oxygen atoms in total. The molecule has 0 aromatic carbocycles.